The Morgan fingerprint density at radius 2 is 1.76 bits per heavy atom. The second kappa shape index (κ2) is 9.37. The lowest BCUT2D eigenvalue weighted by atomic mass is 9.90. The third kappa shape index (κ3) is 5.87. The number of amides is 1. The minimum Gasteiger partial charge on any atom is -0.341 e. The molecule has 0 radical (unpaired) electrons. The molecule has 156 valence electrons. The van der Waals surface area contributed by atoms with Gasteiger partial charge in [-0.25, -0.2) is 8.42 Å². The molecule has 0 unspecified atom stereocenters. The van der Waals surface area contributed by atoms with Gasteiger partial charge in [-0.1, -0.05) is 53.5 Å². The van der Waals surface area contributed by atoms with Gasteiger partial charge in [0.05, 0.1) is 17.0 Å². The summed E-state index contributed by atoms with van der Waals surface area (Å²) in [6.45, 7) is 0.955. The molecule has 1 saturated heterocycles. The number of rotatable bonds is 6. The average molecular weight is 455 g/mol. The lowest BCUT2D eigenvalue weighted by Crippen LogP contribution is -2.46. The predicted molar refractivity (Wildman–Crippen MR) is 118 cm³/mol. The Hall–Kier alpha value is -1.76. The second-order valence-electron chi connectivity index (χ2n) is 7.38. The first-order valence-electron chi connectivity index (χ1n) is 9.48. The normalized spacial score (nSPS) is 15.3. The van der Waals surface area contributed by atoms with Gasteiger partial charge >= 0.3 is 0 Å². The zero-order valence-electron chi connectivity index (χ0n) is 16.2. The zero-order valence-corrected chi connectivity index (χ0v) is 18.6. The molecule has 0 aliphatic carbocycles. The van der Waals surface area contributed by atoms with Crippen molar-refractivity contribution in [2.75, 3.05) is 30.2 Å². The van der Waals surface area contributed by atoms with Crippen LogP contribution >= 0.6 is 23.2 Å². The number of carbonyl (C=O) groups excluding carboxylic acids is 1. The molecule has 1 fully saturated rings. The van der Waals surface area contributed by atoms with Gasteiger partial charge < -0.3 is 4.90 Å². The summed E-state index contributed by atoms with van der Waals surface area (Å²) in [6, 6.07) is 14.9. The highest BCUT2D eigenvalue weighted by atomic mass is 35.5. The summed E-state index contributed by atoms with van der Waals surface area (Å²) in [7, 11) is -3.70. The highest BCUT2D eigenvalue weighted by Crippen LogP contribution is 2.31. The number of anilines is 1. The van der Waals surface area contributed by atoms with E-state index in [0.29, 0.717) is 24.0 Å². The molecule has 0 bridgehead atoms. The minimum absolute atomic E-state index is 0.217. The fourth-order valence-electron chi connectivity index (χ4n) is 3.61. The number of piperidine rings is 1. The van der Waals surface area contributed by atoms with Crippen molar-refractivity contribution in [1.82, 2.24) is 4.90 Å². The molecule has 2 aromatic rings. The van der Waals surface area contributed by atoms with Gasteiger partial charge in [-0.05, 0) is 48.9 Å². The molecule has 0 aromatic heterocycles. The van der Waals surface area contributed by atoms with Crippen LogP contribution in [0.5, 0.6) is 0 Å². The molecule has 0 saturated carbocycles. The van der Waals surface area contributed by atoms with Crippen LogP contribution in [0.2, 0.25) is 10.0 Å². The van der Waals surface area contributed by atoms with Crippen molar-refractivity contribution >= 4 is 44.8 Å². The first-order chi connectivity index (χ1) is 13.7. The molecule has 1 aliphatic rings. The number of halogens is 2. The van der Waals surface area contributed by atoms with E-state index in [1.54, 1.807) is 11.0 Å². The number of carbonyl (C=O) groups is 1. The monoisotopic (exact) mass is 454 g/mol. The van der Waals surface area contributed by atoms with Gasteiger partial charge in [-0.15, -0.1) is 0 Å². The maximum Gasteiger partial charge on any atom is 0.243 e. The largest absolute Gasteiger partial charge is 0.341 e. The Kier molecular flexibility index (Phi) is 7.09. The van der Waals surface area contributed by atoms with Gasteiger partial charge in [-0.3, -0.25) is 9.10 Å². The van der Waals surface area contributed by atoms with E-state index >= 15 is 0 Å². The van der Waals surface area contributed by atoms with E-state index in [1.165, 1.54) is 17.7 Å². The zero-order chi connectivity index (χ0) is 21.0. The summed E-state index contributed by atoms with van der Waals surface area (Å²) in [5.41, 5.74) is 1.52. The molecule has 0 atom stereocenters. The fourth-order valence-corrected chi connectivity index (χ4v) is 4.90. The number of likely N-dealkylation sites (tertiary alicyclic amines) is 1. The van der Waals surface area contributed by atoms with Crippen molar-refractivity contribution in [2.24, 2.45) is 5.92 Å². The van der Waals surface area contributed by atoms with Crippen LogP contribution in [0.1, 0.15) is 18.4 Å². The minimum atomic E-state index is -3.70. The number of benzene rings is 2. The molecule has 5 nitrogen and oxygen atoms in total. The van der Waals surface area contributed by atoms with E-state index in [4.69, 9.17) is 23.2 Å². The lowest BCUT2D eigenvalue weighted by molar-refractivity contribution is -0.130. The molecule has 1 heterocycles. The van der Waals surface area contributed by atoms with E-state index in [-0.39, 0.29) is 23.2 Å². The van der Waals surface area contributed by atoms with Crippen LogP contribution in [0.15, 0.2) is 48.5 Å². The van der Waals surface area contributed by atoms with Crippen LogP contribution in [0.3, 0.4) is 0 Å². The van der Waals surface area contributed by atoms with Crippen molar-refractivity contribution in [3.8, 4) is 0 Å². The second-order valence-corrected chi connectivity index (χ2v) is 10.1. The van der Waals surface area contributed by atoms with Gasteiger partial charge in [0, 0.05) is 18.1 Å². The van der Waals surface area contributed by atoms with Gasteiger partial charge in [0.25, 0.3) is 0 Å². The Labute approximate surface area is 182 Å². The molecule has 0 spiro atoms. The molecule has 2 aromatic carbocycles. The van der Waals surface area contributed by atoms with Gasteiger partial charge in [0.15, 0.2) is 0 Å². The molecule has 1 amide bonds. The van der Waals surface area contributed by atoms with Gasteiger partial charge in [-0.2, -0.15) is 0 Å². The van der Waals surface area contributed by atoms with Gasteiger partial charge in [0.1, 0.15) is 6.54 Å². The van der Waals surface area contributed by atoms with Crippen molar-refractivity contribution in [3.63, 3.8) is 0 Å². The standard InChI is InChI=1S/C21H24Cl2N2O3S/c1-29(27,28)25(20-14-18(22)7-8-19(20)23)15-21(26)24-11-9-17(10-12-24)13-16-5-3-2-4-6-16/h2-8,14,17H,9-13,15H2,1H3. The van der Waals surface area contributed by atoms with E-state index in [9.17, 15) is 13.2 Å². The van der Waals surface area contributed by atoms with Crippen LogP contribution in [0, 0.1) is 5.92 Å². The predicted octanol–water partition coefficient (Wildman–Crippen LogP) is 4.24. The lowest BCUT2D eigenvalue weighted by Gasteiger charge is -2.34. The molecule has 8 heteroatoms. The van der Waals surface area contributed by atoms with Crippen LogP contribution in [0.4, 0.5) is 5.69 Å². The molecular weight excluding hydrogens is 431 g/mol. The topological polar surface area (TPSA) is 57.7 Å². The Morgan fingerprint density at radius 1 is 1.10 bits per heavy atom. The quantitative estimate of drug-likeness (QED) is 0.655. The van der Waals surface area contributed by atoms with Crippen LogP contribution in [-0.4, -0.2) is 45.1 Å². The molecule has 0 N–H and O–H groups in total. The average Bonchev–Trinajstić information content (AvgIpc) is 2.68. The van der Waals surface area contributed by atoms with Crippen molar-refractivity contribution in [1.29, 1.82) is 0 Å². The highest BCUT2D eigenvalue weighted by Gasteiger charge is 2.28. The van der Waals surface area contributed by atoms with Crippen molar-refractivity contribution in [2.45, 2.75) is 19.3 Å². The first-order valence-corrected chi connectivity index (χ1v) is 12.1. The van der Waals surface area contributed by atoms with Crippen LogP contribution in [0.25, 0.3) is 0 Å². The van der Waals surface area contributed by atoms with E-state index in [2.05, 4.69) is 12.1 Å². The number of sulfonamides is 1. The third-order valence-electron chi connectivity index (χ3n) is 5.19. The maximum absolute atomic E-state index is 12.8. The summed E-state index contributed by atoms with van der Waals surface area (Å²) < 4.78 is 25.7. The SMILES string of the molecule is CS(=O)(=O)N(CC(=O)N1CCC(Cc2ccccc2)CC1)c1cc(Cl)ccc1Cl. The summed E-state index contributed by atoms with van der Waals surface area (Å²) in [5, 5.41) is 0.585. The molecule has 29 heavy (non-hydrogen) atoms. The van der Waals surface area contributed by atoms with Crippen molar-refractivity contribution in [3.05, 3.63) is 64.1 Å². The number of hydrogen-bond acceptors (Lipinski definition) is 3. The maximum atomic E-state index is 12.8. The number of nitrogens with zero attached hydrogens (tertiary/aromatic N) is 2. The smallest absolute Gasteiger partial charge is 0.243 e. The summed E-state index contributed by atoms with van der Waals surface area (Å²) >= 11 is 12.2. The summed E-state index contributed by atoms with van der Waals surface area (Å²) in [5.74, 6) is 0.291. The summed E-state index contributed by atoms with van der Waals surface area (Å²) in [4.78, 5) is 14.6. The Morgan fingerprint density at radius 3 is 2.38 bits per heavy atom. The van der Waals surface area contributed by atoms with Crippen LogP contribution < -0.4 is 4.31 Å². The fraction of sp³-hybridized carbons (Fsp3) is 0.381. The van der Waals surface area contributed by atoms with Crippen LogP contribution in [-0.2, 0) is 21.2 Å². The third-order valence-corrected chi connectivity index (χ3v) is 6.87. The molecular formula is C21H24Cl2N2O3S. The summed E-state index contributed by atoms with van der Waals surface area (Å²) in [6.07, 6.45) is 3.86. The highest BCUT2D eigenvalue weighted by molar-refractivity contribution is 7.92. The van der Waals surface area contributed by atoms with Crippen molar-refractivity contribution < 1.29 is 13.2 Å². The Bertz CT molecular complexity index is 959. The molecule has 1 aliphatic heterocycles. The first kappa shape index (κ1) is 21.9. The van der Waals surface area contributed by atoms with E-state index in [0.717, 1.165) is 29.8 Å². The molecule has 3 rings (SSSR count). The van der Waals surface area contributed by atoms with E-state index in [1.807, 2.05) is 18.2 Å². The van der Waals surface area contributed by atoms with Gasteiger partial charge in [0.2, 0.25) is 15.9 Å². The Balaban J connectivity index is 1.64. The van der Waals surface area contributed by atoms with E-state index < -0.39 is 10.0 Å². The number of hydrogen-bond donors (Lipinski definition) is 0.